The van der Waals surface area contributed by atoms with Gasteiger partial charge >= 0.3 is 0 Å². The van der Waals surface area contributed by atoms with Gasteiger partial charge in [-0.15, -0.1) is 0 Å². The first-order valence-electron chi connectivity index (χ1n) is 5.40. The van der Waals surface area contributed by atoms with Gasteiger partial charge in [0, 0.05) is 14.2 Å². The summed E-state index contributed by atoms with van der Waals surface area (Å²) in [5.41, 5.74) is 7.43. The van der Waals surface area contributed by atoms with Crippen molar-refractivity contribution in [2.24, 2.45) is 10.7 Å². The van der Waals surface area contributed by atoms with E-state index in [4.69, 9.17) is 19.9 Å². The number of ether oxygens (including phenoxy) is 3. The molecule has 5 nitrogen and oxygen atoms in total. The maximum absolute atomic E-state index is 5.91. The van der Waals surface area contributed by atoms with Gasteiger partial charge in [0.05, 0.1) is 17.7 Å². The first kappa shape index (κ1) is 11.9. The number of fused-ring (bicyclic) bond motifs is 1. The standard InChI is InChI=1S/C12H16N2O3/c1-4-17-9-7-5-6-8-10(9)11(13)14-12(8,15-2)16-3/h5-7H,4H2,1-3H3,(H2,13,14). The Morgan fingerprint density at radius 1 is 1.29 bits per heavy atom. The number of rotatable bonds is 4. The van der Waals surface area contributed by atoms with E-state index in [1.54, 1.807) is 0 Å². The third-order valence-electron chi connectivity index (χ3n) is 2.74. The molecule has 0 fully saturated rings. The first-order chi connectivity index (χ1) is 8.18. The Labute approximate surface area is 100 Å². The van der Waals surface area contributed by atoms with Crippen molar-refractivity contribution in [2.45, 2.75) is 12.8 Å². The predicted octanol–water partition coefficient (Wildman–Crippen LogP) is 1.21. The number of nitrogens with two attached hydrogens (primary N) is 1. The quantitative estimate of drug-likeness (QED) is 0.798. The highest BCUT2D eigenvalue weighted by Gasteiger charge is 2.41. The molecule has 17 heavy (non-hydrogen) atoms. The Balaban J connectivity index is 2.58. The first-order valence-corrected chi connectivity index (χ1v) is 5.40. The molecule has 1 aliphatic rings. The summed E-state index contributed by atoms with van der Waals surface area (Å²) in [5.74, 6) is -0.0815. The third-order valence-corrected chi connectivity index (χ3v) is 2.74. The number of hydrogen-bond acceptors (Lipinski definition) is 5. The maximum Gasteiger partial charge on any atom is 0.300 e. The van der Waals surface area contributed by atoms with Crippen molar-refractivity contribution >= 4 is 5.84 Å². The topological polar surface area (TPSA) is 66.1 Å². The normalized spacial score (nSPS) is 16.5. The molecule has 0 unspecified atom stereocenters. The molecule has 1 aromatic carbocycles. The van der Waals surface area contributed by atoms with Crippen molar-refractivity contribution in [3.05, 3.63) is 29.3 Å². The second-order valence-corrected chi connectivity index (χ2v) is 3.60. The van der Waals surface area contributed by atoms with E-state index in [0.717, 1.165) is 11.1 Å². The summed E-state index contributed by atoms with van der Waals surface area (Å²) >= 11 is 0. The highest BCUT2D eigenvalue weighted by Crippen LogP contribution is 2.39. The highest BCUT2D eigenvalue weighted by molar-refractivity contribution is 6.04. The Bertz CT molecular complexity index is 453. The SMILES string of the molecule is CCOc1cccc2c1C(N)=NC2(OC)OC. The minimum Gasteiger partial charge on any atom is -0.493 e. The molecule has 1 aromatic rings. The molecule has 0 saturated carbocycles. The predicted molar refractivity (Wildman–Crippen MR) is 64.0 cm³/mol. The Hall–Kier alpha value is -1.59. The fraction of sp³-hybridized carbons (Fsp3) is 0.417. The molecule has 0 spiro atoms. The van der Waals surface area contributed by atoms with E-state index < -0.39 is 5.91 Å². The van der Waals surface area contributed by atoms with Gasteiger partial charge in [0.15, 0.2) is 0 Å². The van der Waals surface area contributed by atoms with Crippen LogP contribution in [0, 0.1) is 0 Å². The van der Waals surface area contributed by atoms with Crippen LogP contribution in [0.2, 0.25) is 0 Å². The Kier molecular flexibility index (Phi) is 3.04. The number of hydrogen-bond donors (Lipinski definition) is 1. The van der Waals surface area contributed by atoms with Crippen molar-refractivity contribution in [3.63, 3.8) is 0 Å². The van der Waals surface area contributed by atoms with Crippen LogP contribution in [0.15, 0.2) is 23.2 Å². The molecule has 0 amide bonds. The number of aliphatic imine (C=N–C) groups is 1. The third kappa shape index (κ3) is 1.67. The van der Waals surface area contributed by atoms with Crippen LogP contribution in [0.25, 0.3) is 0 Å². The molecular formula is C12H16N2O3. The molecular weight excluding hydrogens is 220 g/mol. The molecule has 0 bridgehead atoms. The van der Waals surface area contributed by atoms with E-state index in [1.165, 1.54) is 14.2 Å². The lowest BCUT2D eigenvalue weighted by Crippen LogP contribution is -2.26. The van der Waals surface area contributed by atoms with Gasteiger partial charge in [-0.25, -0.2) is 4.99 Å². The second-order valence-electron chi connectivity index (χ2n) is 3.60. The van der Waals surface area contributed by atoms with Crippen molar-refractivity contribution < 1.29 is 14.2 Å². The molecule has 1 heterocycles. The molecule has 0 radical (unpaired) electrons. The minimum absolute atomic E-state index is 0.368. The number of nitrogens with zero attached hydrogens (tertiary/aromatic N) is 1. The van der Waals surface area contributed by atoms with E-state index in [1.807, 2.05) is 25.1 Å². The number of benzene rings is 1. The Morgan fingerprint density at radius 2 is 2.00 bits per heavy atom. The van der Waals surface area contributed by atoms with Crippen molar-refractivity contribution in [3.8, 4) is 5.75 Å². The van der Waals surface area contributed by atoms with Crippen LogP contribution in [-0.2, 0) is 15.4 Å². The zero-order valence-corrected chi connectivity index (χ0v) is 10.2. The molecule has 2 rings (SSSR count). The summed E-state index contributed by atoms with van der Waals surface area (Å²) in [4.78, 5) is 4.24. The fourth-order valence-corrected chi connectivity index (χ4v) is 2.00. The molecule has 0 aromatic heterocycles. The summed E-state index contributed by atoms with van der Waals surface area (Å²) in [6, 6.07) is 5.59. The molecule has 2 N–H and O–H groups in total. The number of methoxy groups -OCH3 is 2. The monoisotopic (exact) mass is 236 g/mol. The van der Waals surface area contributed by atoms with Crippen LogP contribution in [0.1, 0.15) is 18.1 Å². The molecule has 5 heteroatoms. The second kappa shape index (κ2) is 4.35. The van der Waals surface area contributed by atoms with Crippen LogP contribution in [0.4, 0.5) is 0 Å². The van der Waals surface area contributed by atoms with Crippen molar-refractivity contribution in [1.82, 2.24) is 0 Å². The van der Waals surface area contributed by atoms with Crippen LogP contribution in [0.5, 0.6) is 5.75 Å². The summed E-state index contributed by atoms with van der Waals surface area (Å²) < 4.78 is 16.2. The van der Waals surface area contributed by atoms with Gasteiger partial charge in [-0.2, -0.15) is 0 Å². The van der Waals surface area contributed by atoms with Crippen LogP contribution in [-0.4, -0.2) is 26.7 Å². The van der Waals surface area contributed by atoms with E-state index in [-0.39, 0.29) is 0 Å². The van der Waals surface area contributed by atoms with Crippen molar-refractivity contribution in [2.75, 3.05) is 20.8 Å². The zero-order valence-electron chi connectivity index (χ0n) is 10.2. The molecule has 1 aliphatic heterocycles. The summed E-state index contributed by atoms with van der Waals surface area (Å²) in [7, 11) is 3.06. The van der Waals surface area contributed by atoms with Crippen LogP contribution in [0.3, 0.4) is 0 Å². The average Bonchev–Trinajstić information content (AvgIpc) is 2.65. The van der Waals surface area contributed by atoms with Crippen molar-refractivity contribution in [1.29, 1.82) is 0 Å². The van der Waals surface area contributed by atoms with Crippen LogP contribution >= 0.6 is 0 Å². The van der Waals surface area contributed by atoms with Gasteiger partial charge in [-0.05, 0) is 13.0 Å². The summed E-state index contributed by atoms with van der Waals surface area (Å²) in [5, 5.41) is 0. The summed E-state index contributed by atoms with van der Waals surface area (Å²) in [6.45, 7) is 2.48. The molecule has 0 aliphatic carbocycles. The van der Waals surface area contributed by atoms with E-state index in [0.29, 0.717) is 18.2 Å². The van der Waals surface area contributed by atoms with Gasteiger partial charge in [0.25, 0.3) is 5.91 Å². The lowest BCUT2D eigenvalue weighted by Gasteiger charge is -2.23. The van der Waals surface area contributed by atoms with E-state index in [9.17, 15) is 0 Å². The molecule has 92 valence electrons. The lowest BCUT2D eigenvalue weighted by molar-refractivity contribution is -0.206. The molecule has 0 saturated heterocycles. The van der Waals surface area contributed by atoms with Gasteiger partial charge < -0.3 is 19.9 Å². The van der Waals surface area contributed by atoms with E-state index in [2.05, 4.69) is 4.99 Å². The Morgan fingerprint density at radius 3 is 2.59 bits per heavy atom. The maximum atomic E-state index is 5.91. The molecule has 0 atom stereocenters. The number of amidine groups is 1. The van der Waals surface area contributed by atoms with Gasteiger partial charge in [0.2, 0.25) is 0 Å². The smallest absolute Gasteiger partial charge is 0.300 e. The lowest BCUT2D eigenvalue weighted by atomic mass is 10.1. The fourth-order valence-electron chi connectivity index (χ4n) is 2.00. The van der Waals surface area contributed by atoms with E-state index >= 15 is 0 Å². The van der Waals surface area contributed by atoms with Gasteiger partial charge in [-0.1, -0.05) is 12.1 Å². The highest BCUT2D eigenvalue weighted by atomic mass is 16.7. The van der Waals surface area contributed by atoms with Gasteiger partial charge in [0.1, 0.15) is 11.6 Å². The zero-order chi connectivity index (χ0) is 12.5. The largest absolute Gasteiger partial charge is 0.493 e. The average molecular weight is 236 g/mol. The minimum atomic E-state index is -1.15. The van der Waals surface area contributed by atoms with Crippen LogP contribution < -0.4 is 10.5 Å². The summed E-state index contributed by atoms with van der Waals surface area (Å²) in [6.07, 6.45) is 0. The van der Waals surface area contributed by atoms with Gasteiger partial charge in [-0.3, -0.25) is 0 Å².